The second-order valence-electron chi connectivity index (χ2n) is 32.3. The van der Waals surface area contributed by atoms with Crippen LogP contribution >= 0.6 is 0 Å². The lowest BCUT2D eigenvalue weighted by Crippen LogP contribution is -2.55. The van der Waals surface area contributed by atoms with Crippen LogP contribution in [0.25, 0.3) is 11.1 Å². The summed E-state index contributed by atoms with van der Waals surface area (Å²) >= 11 is 0. The summed E-state index contributed by atoms with van der Waals surface area (Å²) in [4.78, 5) is 138. The lowest BCUT2D eigenvalue weighted by atomic mass is 9.87. The number of carbonyl (C=O) groups is 10. The number of carboxylic acids is 1. The molecule has 0 bridgehead atoms. The molecule has 5 aromatic rings. The highest BCUT2D eigenvalue weighted by atomic mass is 28.3. The first-order chi connectivity index (χ1) is 54.0. The molecule has 0 saturated heterocycles. The number of fused-ring (bicyclic) bond motifs is 4. The van der Waals surface area contributed by atoms with Crippen LogP contribution in [0.4, 0.5) is 11.4 Å². The Morgan fingerprint density at radius 2 is 0.991 bits per heavy atom. The highest BCUT2D eigenvalue weighted by Gasteiger charge is 2.43. The average Bonchev–Trinajstić information content (AvgIpc) is 0.724. The van der Waals surface area contributed by atoms with Crippen LogP contribution in [0.3, 0.4) is 0 Å². The first-order valence-corrected chi connectivity index (χ1v) is 45.4. The molecule has 8 amide bonds. The van der Waals surface area contributed by atoms with Gasteiger partial charge in [0.15, 0.2) is 17.2 Å². The summed E-state index contributed by atoms with van der Waals surface area (Å²) in [6, 6.07) is 31.0. The van der Waals surface area contributed by atoms with Gasteiger partial charge in [-0.2, -0.15) is 0 Å². The van der Waals surface area contributed by atoms with E-state index >= 15 is 0 Å². The maximum absolute atomic E-state index is 14.4. The standard InChI is InChI=1S/C89H112N12O11Si2/c1-55(2)47-72(74(102)41-42-79(103)94-70(85(90)108)25-19-21-45-91-86(109)59-29-27-58(28-30-59)83-66-37-32-61(98(4)5)50-75(66)113(12,13)76-51-62(99(6)7)33-38-67(76)83)97-89(112)73(49-57-23-17-16-18-24-57)96-81(105)54-93-88(111)71(95-80(104)43-44-82(106)107)26-20-22-46-92-87(110)60-31-36-65(56(3)48-60)84-68-39-34-63(100(8)9)52-77(68)114(14,15)78-53-64(101(10)11)35-40-69(78)84/h16-18,23-24,27-40,48,50-53,55,70-73H,19-22,25-26,41-47,49,54H2,1-15H3,(H8-2,90,91,92,93,94,95,96,97,103,104,105,106,107,108,109,110,111,112)/p+2/t70-,71-,72-,73-/m1/s1. The molecule has 0 aromatic heterocycles. The molecule has 0 unspecified atom stereocenters. The third-order valence-corrected chi connectivity index (χ3v) is 28.8. The summed E-state index contributed by atoms with van der Waals surface area (Å²) in [6.45, 7) is 15.2. The van der Waals surface area contributed by atoms with Crippen molar-refractivity contribution in [2.45, 2.75) is 148 Å². The fourth-order valence-corrected chi connectivity index (χ4v) is 21.3. The van der Waals surface area contributed by atoms with Gasteiger partial charge < -0.3 is 57.9 Å². The largest absolute Gasteiger partial charge is 0.481 e. The third kappa shape index (κ3) is 21.8. The smallest absolute Gasteiger partial charge is 0.303 e. The number of amides is 8. The van der Waals surface area contributed by atoms with Gasteiger partial charge in [-0.15, -0.1) is 0 Å². The number of nitrogens with zero attached hydrogens (tertiary/aromatic N) is 4. The van der Waals surface area contributed by atoms with Gasteiger partial charge in [0, 0.05) is 114 Å². The number of benzene rings is 5. The number of aliphatic carboxylic acids is 1. The van der Waals surface area contributed by atoms with Crippen molar-refractivity contribution in [3.05, 3.63) is 212 Å². The van der Waals surface area contributed by atoms with Crippen LogP contribution in [-0.2, 0) is 44.8 Å². The predicted molar refractivity (Wildman–Crippen MR) is 457 cm³/mol. The molecule has 2 aliphatic heterocycles. The number of Topliss-reactive ketones (excluding diaryl/α,β-unsaturated/α-hetero) is 1. The first-order valence-electron chi connectivity index (χ1n) is 39.4. The molecule has 23 nitrogen and oxygen atoms in total. The van der Waals surface area contributed by atoms with Crippen molar-refractivity contribution in [1.29, 1.82) is 0 Å². The summed E-state index contributed by atoms with van der Waals surface area (Å²) in [5, 5.41) is 34.0. The van der Waals surface area contributed by atoms with Crippen molar-refractivity contribution < 1.29 is 62.2 Å². The van der Waals surface area contributed by atoms with Gasteiger partial charge in [0.25, 0.3) is 11.8 Å². The Bertz CT molecular complexity index is 4820. The number of primary amides is 1. The molecule has 2 heterocycles. The molecule has 4 atom stereocenters. The number of carbonyl (C=O) groups excluding carboxylic acids is 9. The summed E-state index contributed by atoms with van der Waals surface area (Å²) < 4.78 is 4.25. The van der Waals surface area contributed by atoms with Crippen LogP contribution in [0.15, 0.2) is 167 Å². The van der Waals surface area contributed by atoms with Crippen LogP contribution in [0.5, 0.6) is 0 Å². The van der Waals surface area contributed by atoms with Crippen molar-refractivity contribution in [2.75, 3.05) is 85.8 Å². The quantitative estimate of drug-likeness (QED) is 0.0106. The monoisotopic (exact) mass is 1580 g/mol. The van der Waals surface area contributed by atoms with Gasteiger partial charge >= 0.3 is 5.97 Å². The van der Waals surface area contributed by atoms with E-state index in [0.717, 1.165) is 50.6 Å². The van der Waals surface area contributed by atoms with Crippen molar-refractivity contribution in [3.63, 3.8) is 0 Å². The molecular formula is C89H114N12O11Si2+2. The molecular weight excluding hydrogens is 1470 g/mol. The SMILES string of the molecule is Cc1cc(C(=O)NCCCC[C@@H](NC(=O)CCC(=O)O)C(=O)NCC(=O)N[C@H](Cc2ccccc2)C(=O)N[C@H](CC(C)C)C(=O)CCC(=O)N[C@H](CCCCNC(=O)c2ccc(C3=C4C=CC(=[N+](C)C)C=C4[Si](C)(C)c4cc(N(C)C)ccc43)cc2)C(N)=O)ccc1C1=C2C=CC(=[N+](C)C)C=C2[Si](C)(C)c2cc(N(C)C)ccc21. The Kier molecular flexibility index (Phi) is 29.4. The minimum atomic E-state index is -2.19. The molecule has 0 saturated carbocycles. The molecule has 25 heteroatoms. The number of carboxylic acid groups (broad SMARTS) is 1. The number of rotatable bonds is 36. The van der Waals surface area contributed by atoms with E-state index in [9.17, 15) is 53.1 Å². The van der Waals surface area contributed by atoms with Crippen LogP contribution in [-0.4, -0.2) is 201 Å². The maximum atomic E-state index is 14.4. The number of nitrogens with one attached hydrogen (secondary N) is 7. The van der Waals surface area contributed by atoms with Crippen molar-refractivity contribution in [1.82, 2.24) is 37.2 Å². The van der Waals surface area contributed by atoms with E-state index in [-0.39, 0.29) is 62.8 Å². The average molecular weight is 1580 g/mol. The van der Waals surface area contributed by atoms with Crippen molar-refractivity contribution in [3.8, 4) is 0 Å². The van der Waals surface area contributed by atoms with Crippen LogP contribution < -0.4 is 63.1 Å². The van der Waals surface area contributed by atoms with Gasteiger partial charge in [0.1, 0.15) is 62.5 Å². The molecule has 0 radical (unpaired) electrons. The molecule has 5 aromatic carbocycles. The lowest BCUT2D eigenvalue weighted by molar-refractivity contribution is -0.462. The molecule has 114 heavy (non-hydrogen) atoms. The number of ketones is 1. The fraction of sp³-hybridized carbons (Fsp3) is 0.393. The predicted octanol–water partition coefficient (Wildman–Crippen LogP) is 7.63. The zero-order valence-electron chi connectivity index (χ0n) is 68.7. The van der Waals surface area contributed by atoms with Crippen LogP contribution in [0, 0.1) is 12.8 Å². The number of nitrogens with two attached hydrogens (primary N) is 1. The summed E-state index contributed by atoms with van der Waals surface area (Å²) in [5.41, 5.74) is 21.9. The van der Waals surface area contributed by atoms with Gasteiger partial charge in [-0.1, -0.05) is 101 Å². The van der Waals surface area contributed by atoms with Crippen molar-refractivity contribution in [2.24, 2.45) is 11.7 Å². The van der Waals surface area contributed by atoms with Gasteiger partial charge in [-0.05, 0) is 195 Å². The summed E-state index contributed by atoms with van der Waals surface area (Å²) in [5.74, 6) is -6.63. The summed E-state index contributed by atoms with van der Waals surface area (Å²) in [6.07, 6.45) is 13.9. The molecule has 0 spiro atoms. The molecule has 2 aliphatic carbocycles. The van der Waals surface area contributed by atoms with E-state index in [1.165, 1.54) is 43.0 Å². The van der Waals surface area contributed by atoms with E-state index in [1.54, 1.807) is 30.3 Å². The number of allylic oxidation sites excluding steroid dienone is 10. The molecule has 4 aliphatic rings. The highest BCUT2D eigenvalue weighted by Crippen LogP contribution is 2.44. The van der Waals surface area contributed by atoms with Crippen molar-refractivity contribution >= 4 is 119 Å². The van der Waals surface area contributed by atoms with Gasteiger partial charge in [0.2, 0.25) is 35.4 Å². The Morgan fingerprint density at radius 3 is 1.51 bits per heavy atom. The van der Waals surface area contributed by atoms with Gasteiger partial charge in [-0.25, -0.2) is 9.15 Å². The Morgan fingerprint density at radius 1 is 0.500 bits per heavy atom. The Hall–Kier alpha value is -11.2. The maximum Gasteiger partial charge on any atom is 0.303 e. The first kappa shape index (κ1) is 86.8. The lowest BCUT2D eigenvalue weighted by Gasteiger charge is -2.38. The number of aryl methyl sites for hydroxylation is 1. The second-order valence-corrected chi connectivity index (χ2v) is 41.0. The van der Waals surface area contributed by atoms with Gasteiger partial charge in [-0.3, -0.25) is 47.9 Å². The number of hydrogen-bond donors (Lipinski definition) is 9. The normalized spacial score (nSPS) is 15.2. The zero-order chi connectivity index (χ0) is 83.0. The topological polar surface area (TPSA) is 314 Å². The molecule has 9 rings (SSSR count). The number of anilines is 2. The molecule has 10 N–H and O–H groups in total. The fourth-order valence-electron chi connectivity index (χ4n) is 15.1. The van der Waals surface area contributed by atoms with E-state index in [2.05, 4.69) is 183 Å². The minimum absolute atomic E-state index is 0.0157. The molecule has 0 fully saturated rings. The Balaban J connectivity index is 0.755. The van der Waals surface area contributed by atoms with E-state index < -0.39 is 107 Å². The van der Waals surface area contributed by atoms with Gasteiger partial charge in [0.05, 0.1) is 19.0 Å². The van der Waals surface area contributed by atoms with Crippen LogP contribution in [0.2, 0.25) is 26.2 Å². The number of unbranched alkanes of at least 4 members (excludes halogenated alkanes) is 2. The minimum Gasteiger partial charge on any atom is -0.481 e. The third-order valence-electron chi connectivity index (χ3n) is 21.7. The van der Waals surface area contributed by atoms with E-state index in [4.69, 9.17) is 5.73 Å². The Labute approximate surface area is 672 Å². The van der Waals surface area contributed by atoms with Crippen LogP contribution in [0.1, 0.15) is 139 Å². The highest BCUT2D eigenvalue weighted by molar-refractivity contribution is 6.98. The summed E-state index contributed by atoms with van der Waals surface area (Å²) in [7, 11) is 12.1. The van der Waals surface area contributed by atoms with E-state index in [1.807, 2.05) is 91.4 Å². The zero-order valence-corrected chi connectivity index (χ0v) is 70.7. The molecule has 602 valence electrons. The number of hydrogen-bond acceptors (Lipinski definition) is 12. The van der Waals surface area contributed by atoms with E-state index in [0.29, 0.717) is 48.9 Å². The second kappa shape index (κ2) is 38.6.